The lowest BCUT2D eigenvalue weighted by molar-refractivity contribution is -0.380. The largest absolute Gasteiger partial charge is 0.337 e. The minimum atomic E-state index is -0.469. The van der Waals surface area contributed by atoms with Crippen molar-refractivity contribution in [3.63, 3.8) is 0 Å². The lowest BCUT2D eigenvalue weighted by atomic mass is 9.97. The number of aromatic nitrogens is 3. The van der Waals surface area contributed by atoms with E-state index in [4.69, 9.17) is 0 Å². The van der Waals surface area contributed by atoms with Crippen LogP contribution in [0.1, 0.15) is 34.3 Å². The molecule has 0 radical (unpaired) electrons. The van der Waals surface area contributed by atoms with Crippen molar-refractivity contribution in [1.29, 1.82) is 0 Å². The summed E-state index contributed by atoms with van der Waals surface area (Å²) in [6, 6.07) is 8.64. The zero-order chi connectivity index (χ0) is 17.4. The maximum atomic E-state index is 12.7. The topological polar surface area (TPSA) is 93.6 Å². The second-order valence-corrected chi connectivity index (χ2v) is 7.03. The number of amides is 1. The smallest absolute Gasteiger partial charge is 0.324 e. The summed E-state index contributed by atoms with van der Waals surface area (Å²) in [5, 5.41) is 19.3. The van der Waals surface area contributed by atoms with Crippen LogP contribution in [0.25, 0.3) is 5.65 Å². The molecular weight excluding hydrogens is 342 g/mol. The number of pyridine rings is 1. The van der Waals surface area contributed by atoms with Gasteiger partial charge in [0.15, 0.2) is 5.65 Å². The van der Waals surface area contributed by atoms with Crippen LogP contribution in [0.15, 0.2) is 36.5 Å². The number of nitrogens with zero attached hydrogens (tertiary/aromatic N) is 5. The summed E-state index contributed by atoms with van der Waals surface area (Å²) in [4.78, 5) is 25.2. The van der Waals surface area contributed by atoms with Gasteiger partial charge in [-0.2, -0.15) is 0 Å². The molecule has 25 heavy (non-hydrogen) atoms. The minimum absolute atomic E-state index is 0.0136. The number of fused-ring (bicyclic) bond motifs is 1. The highest BCUT2D eigenvalue weighted by atomic mass is 32.1. The number of nitro groups is 1. The van der Waals surface area contributed by atoms with Crippen molar-refractivity contribution in [3.8, 4) is 0 Å². The molecule has 8 nitrogen and oxygen atoms in total. The Morgan fingerprint density at radius 1 is 1.28 bits per heavy atom. The molecule has 1 aliphatic rings. The summed E-state index contributed by atoms with van der Waals surface area (Å²) in [6.45, 7) is 1.19. The Kier molecular flexibility index (Phi) is 3.92. The number of rotatable bonds is 3. The Labute approximate surface area is 146 Å². The van der Waals surface area contributed by atoms with Crippen molar-refractivity contribution in [1.82, 2.24) is 19.5 Å². The number of carbonyl (C=O) groups excluding carboxylic acids is 1. The third kappa shape index (κ3) is 2.86. The van der Waals surface area contributed by atoms with Crippen LogP contribution in [0.2, 0.25) is 0 Å². The van der Waals surface area contributed by atoms with Crippen LogP contribution in [-0.2, 0) is 0 Å². The number of thiophene rings is 1. The van der Waals surface area contributed by atoms with Gasteiger partial charge in [0, 0.05) is 31.3 Å². The Hall–Kier alpha value is -2.81. The van der Waals surface area contributed by atoms with Crippen molar-refractivity contribution in [2.24, 2.45) is 0 Å². The molecule has 1 fully saturated rings. The van der Waals surface area contributed by atoms with Gasteiger partial charge in [-0.05, 0) is 31.0 Å². The summed E-state index contributed by atoms with van der Waals surface area (Å²) in [5.74, 6) is 0.798. The highest BCUT2D eigenvalue weighted by Gasteiger charge is 2.29. The first-order chi connectivity index (χ1) is 12.1. The van der Waals surface area contributed by atoms with Gasteiger partial charge in [-0.3, -0.25) is 19.3 Å². The third-order valence-corrected chi connectivity index (χ3v) is 5.42. The summed E-state index contributed by atoms with van der Waals surface area (Å²) in [6.07, 6.45) is 3.73. The quantitative estimate of drug-likeness (QED) is 0.531. The standard InChI is InChI=1S/C16H15N5O3S/c22-16(12-6-7-14(25-12)21(23)24)19-8-3-4-11(10-19)15-18-17-13-5-1-2-9-20(13)15/h1-2,5-7,9,11H,3-4,8,10H2. The summed E-state index contributed by atoms with van der Waals surface area (Å²) >= 11 is 0.921. The predicted octanol–water partition coefficient (Wildman–Crippen LogP) is 2.72. The van der Waals surface area contributed by atoms with E-state index in [1.165, 1.54) is 12.1 Å². The number of likely N-dealkylation sites (tertiary alicyclic amines) is 1. The fourth-order valence-corrected chi connectivity index (χ4v) is 4.00. The van der Waals surface area contributed by atoms with Crippen LogP contribution >= 0.6 is 11.3 Å². The number of hydrogen-bond acceptors (Lipinski definition) is 6. The van der Waals surface area contributed by atoms with E-state index in [1.54, 1.807) is 4.90 Å². The van der Waals surface area contributed by atoms with Crippen LogP contribution in [0, 0.1) is 10.1 Å². The van der Waals surface area contributed by atoms with Crippen LogP contribution in [0.4, 0.5) is 5.00 Å². The van der Waals surface area contributed by atoms with Gasteiger partial charge in [0.2, 0.25) is 0 Å². The Bertz CT molecular complexity index is 950. The molecule has 0 spiro atoms. The van der Waals surface area contributed by atoms with Gasteiger partial charge in [0.1, 0.15) is 5.82 Å². The van der Waals surface area contributed by atoms with Crippen LogP contribution in [-0.4, -0.2) is 43.4 Å². The molecule has 3 aromatic rings. The third-order valence-electron chi connectivity index (χ3n) is 4.40. The van der Waals surface area contributed by atoms with E-state index in [-0.39, 0.29) is 16.8 Å². The molecule has 1 atom stereocenters. The maximum Gasteiger partial charge on any atom is 0.324 e. The van der Waals surface area contributed by atoms with Crippen molar-refractivity contribution in [3.05, 3.63) is 57.3 Å². The minimum Gasteiger partial charge on any atom is -0.337 e. The fourth-order valence-electron chi connectivity index (χ4n) is 3.21. The van der Waals surface area contributed by atoms with E-state index >= 15 is 0 Å². The van der Waals surface area contributed by atoms with E-state index < -0.39 is 4.92 Å². The Morgan fingerprint density at radius 3 is 2.96 bits per heavy atom. The van der Waals surface area contributed by atoms with E-state index in [9.17, 15) is 14.9 Å². The van der Waals surface area contributed by atoms with E-state index in [0.717, 1.165) is 35.7 Å². The molecule has 1 amide bonds. The molecule has 0 aromatic carbocycles. The average Bonchev–Trinajstić information content (AvgIpc) is 3.28. The van der Waals surface area contributed by atoms with Crippen molar-refractivity contribution in [2.75, 3.05) is 13.1 Å². The van der Waals surface area contributed by atoms with E-state index in [1.807, 2.05) is 28.8 Å². The van der Waals surface area contributed by atoms with Crippen LogP contribution < -0.4 is 0 Å². The van der Waals surface area contributed by atoms with Crippen molar-refractivity contribution in [2.45, 2.75) is 18.8 Å². The van der Waals surface area contributed by atoms with Crippen LogP contribution in [0.5, 0.6) is 0 Å². The molecule has 9 heteroatoms. The maximum absolute atomic E-state index is 12.7. The molecule has 0 N–H and O–H groups in total. The molecule has 1 unspecified atom stereocenters. The highest BCUT2D eigenvalue weighted by molar-refractivity contribution is 7.17. The first-order valence-electron chi connectivity index (χ1n) is 7.96. The SMILES string of the molecule is O=C(c1ccc([N+](=O)[O-])s1)N1CCCC(c2nnc3ccccn23)C1. The highest BCUT2D eigenvalue weighted by Crippen LogP contribution is 2.30. The molecule has 128 valence electrons. The monoisotopic (exact) mass is 357 g/mol. The zero-order valence-electron chi connectivity index (χ0n) is 13.2. The van der Waals surface area contributed by atoms with Gasteiger partial charge in [0.25, 0.3) is 5.91 Å². The number of carbonyl (C=O) groups is 1. The molecule has 4 heterocycles. The summed E-state index contributed by atoms with van der Waals surface area (Å²) in [5.41, 5.74) is 0.787. The fraction of sp³-hybridized carbons (Fsp3) is 0.312. The van der Waals surface area contributed by atoms with Gasteiger partial charge >= 0.3 is 5.00 Å². The first kappa shape index (κ1) is 15.7. The van der Waals surface area contributed by atoms with Gasteiger partial charge in [0.05, 0.1) is 9.80 Å². The van der Waals surface area contributed by atoms with Crippen LogP contribution in [0.3, 0.4) is 0 Å². The number of hydrogen-bond donors (Lipinski definition) is 0. The summed E-state index contributed by atoms with van der Waals surface area (Å²) in [7, 11) is 0. The zero-order valence-corrected chi connectivity index (χ0v) is 14.1. The van der Waals surface area contributed by atoms with Crippen molar-refractivity contribution >= 4 is 27.9 Å². The lowest BCUT2D eigenvalue weighted by Gasteiger charge is -2.31. The normalized spacial score (nSPS) is 17.8. The molecule has 3 aromatic heterocycles. The molecule has 0 bridgehead atoms. The Balaban J connectivity index is 1.56. The molecule has 0 saturated carbocycles. The van der Waals surface area contributed by atoms with Crippen molar-refractivity contribution < 1.29 is 9.72 Å². The molecule has 1 saturated heterocycles. The predicted molar refractivity (Wildman–Crippen MR) is 91.8 cm³/mol. The molecular formula is C16H15N5O3S. The Morgan fingerprint density at radius 2 is 2.16 bits per heavy atom. The number of piperidine rings is 1. The molecule has 1 aliphatic heterocycles. The van der Waals surface area contributed by atoms with E-state index in [0.29, 0.717) is 18.0 Å². The second kappa shape index (κ2) is 6.25. The van der Waals surface area contributed by atoms with Gasteiger partial charge in [-0.25, -0.2) is 0 Å². The van der Waals surface area contributed by atoms with Gasteiger partial charge in [-0.15, -0.1) is 10.2 Å². The molecule has 0 aliphatic carbocycles. The van der Waals surface area contributed by atoms with E-state index in [2.05, 4.69) is 10.2 Å². The summed E-state index contributed by atoms with van der Waals surface area (Å²) < 4.78 is 1.95. The second-order valence-electron chi connectivity index (χ2n) is 5.97. The average molecular weight is 357 g/mol. The van der Waals surface area contributed by atoms with Gasteiger partial charge in [-0.1, -0.05) is 17.4 Å². The molecule has 4 rings (SSSR count). The first-order valence-corrected chi connectivity index (χ1v) is 8.78. The van der Waals surface area contributed by atoms with Gasteiger partial charge < -0.3 is 4.90 Å². The lowest BCUT2D eigenvalue weighted by Crippen LogP contribution is -2.39.